The molecule has 0 aliphatic heterocycles. The molecule has 0 bridgehead atoms. The number of carbonyl (C=O) groups excluding carboxylic acids is 2. The fraction of sp³-hybridized carbons (Fsp3) is 0.417. The van der Waals surface area contributed by atoms with Gasteiger partial charge in [-0.2, -0.15) is 0 Å². The van der Waals surface area contributed by atoms with Crippen LogP contribution in [0.5, 0.6) is 0 Å². The van der Waals surface area contributed by atoms with Gasteiger partial charge in [0.2, 0.25) is 11.8 Å². The van der Waals surface area contributed by atoms with E-state index >= 15 is 0 Å². The molecule has 1 atom stereocenters. The van der Waals surface area contributed by atoms with E-state index in [9.17, 15) is 9.59 Å². The number of carbonyl (C=O) groups is 2. The first-order chi connectivity index (χ1) is 13.7. The zero-order valence-electron chi connectivity index (χ0n) is 17.7. The van der Waals surface area contributed by atoms with Crippen LogP contribution in [0.1, 0.15) is 51.7 Å². The van der Waals surface area contributed by atoms with Gasteiger partial charge in [0.05, 0.1) is 0 Å². The van der Waals surface area contributed by atoms with E-state index in [1.165, 1.54) is 0 Å². The number of halogens is 1. The third kappa shape index (κ3) is 7.54. The summed E-state index contributed by atoms with van der Waals surface area (Å²) in [6.45, 7) is 8.18. The van der Waals surface area contributed by atoms with Gasteiger partial charge in [0.15, 0.2) is 0 Å². The number of hydrogen-bond acceptors (Lipinski definition) is 2. The van der Waals surface area contributed by atoms with Crippen molar-refractivity contribution in [1.29, 1.82) is 0 Å². The second-order valence-corrected chi connectivity index (χ2v) is 8.78. The predicted molar refractivity (Wildman–Crippen MR) is 119 cm³/mol. The number of nitrogens with zero attached hydrogens (tertiary/aromatic N) is 1. The number of rotatable bonds is 8. The standard InChI is InChI=1S/C24H31ClN2O2/c1-5-9-22(28)27(17-19-12-14-20(25)15-13-19)21(23(29)26-24(2,3)4)16-18-10-7-6-8-11-18/h6-8,10-15,21H,5,9,16-17H2,1-4H3,(H,26,29)/t21-/m0/s1. The minimum Gasteiger partial charge on any atom is -0.350 e. The molecule has 0 aromatic heterocycles. The molecule has 29 heavy (non-hydrogen) atoms. The van der Waals surface area contributed by atoms with Crippen LogP contribution in [-0.2, 0) is 22.6 Å². The SMILES string of the molecule is CCCC(=O)N(Cc1ccc(Cl)cc1)[C@@H](Cc1ccccc1)C(=O)NC(C)(C)C. The van der Waals surface area contributed by atoms with Crippen molar-refractivity contribution in [3.63, 3.8) is 0 Å². The van der Waals surface area contributed by atoms with Crippen LogP contribution in [0.15, 0.2) is 54.6 Å². The Bertz CT molecular complexity index is 798. The summed E-state index contributed by atoms with van der Waals surface area (Å²) in [5.74, 6) is -0.160. The molecule has 156 valence electrons. The van der Waals surface area contributed by atoms with E-state index in [0.29, 0.717) is 24.4 Å². The van der Waals surface area contributed by atoms with Gasteiger partial charge in [0, 0.05) is 29.9 Å². The van der Waals surface area contributed by atoms with Crippen LogP contribution in [0.25, 0.3) is 0 Å². The Morgan fingerprint density at radius 2 is 1.62 bits per heavy atom. The van der Waals surface area contributed by atoms with Crippen molar-refractivity contribution in [3.8, 4) is 0 Å². The Kier molecular flexibility index (Phi) is 8.27. The Morgan fingerprint density at radius 1 is 1.00 bits per heavy atom. The van der Waals surface area contributed by atoms with Crippen LogP contribution in [0, 0.1) is 0 Å². The van der Waals surface area contributed by atoms with Crippen molar-refractivity contribution in [2.24, 2.45) is 0 Å². The lowest BCUT2D eigenvalue weighted by atomic mass is 10.00. The topological polar surface area (TPSA) is 49.4 Å². The Morgan fingerprint density at radius 3 is 2.17 bits per heavy atom. The first-order valence-electron chi connectivity index (χ1n) is 10.1. The summed E-state index contributed by atoms with van der Waals surface area (Å²) in [5, 5.41) is 3.70. The third-order valence-corrected chi connectivity index (χ3v) is 4.75. The Hall–Kier alpha value is -2.33. The molecule has 0 spiro atoms. The maximum absolute atomic E-state index is 13.2. The molecule has 5 heteroatoms. The minimum absolute atomic E-state index is 0.0209. The van der Waals surface area contributed by atoms with Crippen LogP contribution in [0.2, 0.25) is 5.02 Å². The van der Waals surface area contributed by atoms with Gasteiger partial charge in [-0.25, -0.2) is 0 Å². The molecule has 0 saturated heterocycles. The summed E-state index contributed by atoms with van der Waals surface area (Å²) < 4.78 is 0. The van der Waals surface area contributed by atoms with Gasteiger partial charge in [-0.1, -0.05) is 61.0 Å². The van der Waals surface area contributed by atoms with Crippen molar-refractivity contribution in [1.82, 2.24) is 10.2 Å². The van der Waals surface area contributed by atoms with Gasteiger partial charge >= 0.3 is 0 Å². The highest BCUT2D eigenvalue weighted by atomic mass is 35.5. The fourth-order valence-electron chi connectivity index (χ4n) is 3.15. The van der Waals surface area contributed by atoms with E-state index in [0.717, 1.165) is 17.5 Å². The minimum atomic E-state index is -0.591. The number of amides is 2. The molecule has 0 fully saturated rings. The number of nitrogens with one attached hydrogen (secondary N) is 1. The predicted octanol–water partition coefficient (Wildman–Crippen LogP) is 4.99. The van der Waals surface area contributed by atoms with Gasteiger partial charge in [0.1, 0.15) is 6.04 Å². The largest absolute Gasteiger partial charge is 0.350 e. The zero-order valence-corrected chi connectivity index (χ0v) is 18.5. The van der Waals surface area contributed by atoms with Crippen LogP contribution < -0.4 is 5.32 Å². The summed E-state index contributed by atoms with van der Waals surface area (Å²) in [6.07, 6.45) is 1.60. The average molecular weight is 415 g/mol. The monoisotopic (exact) mass is 414 g/mol. The van der Waals surface area contributed by atoms with E-state index < -0.39 is 6.04 Å². The van der Waals surface area contributed by atoms with E-state index in [2.05, 4.69) is 5.32 Å². The molecule has 0 unspecified atom stereocenters. The highest BCUT2D eigenvalue weighted by Gasteiger charge is 2.31. The number of hydrogen-bond donors (Lipinski definition) is 1. The van der Waals surface area contributed by atoms with Gasteiger partial charge in [-0.15, -0.1) is 0 Å². The maximum Gasteiger partial charge on any atom is 0.243 e. The highest BCUT2D eigenvalue weighted by molar-refractivity contribution is 6.30. The molecule has 0 heterocycles. The van der Waals surface area contributed by atoms with Crippen molar-refractivity contribution in [2.45, 2.75) is 65.1 Å². The van der Waals surface area contributed by atoms with Crippen molar-refractivity contribution >= 4 is 23.4 Å². The second kappa shape index (κ2) is 10.4. The first kappa shape index (κ1) is 23.0. The molecule has 0 radical (unpaired) electrons. The summed E-state index contributed by atoms with van der Waals surface area (Å²) in [6, 6.07) is 16.6. The van der Waals surface area contributed by atoms with Crippen LogP contribution >= 0.6 is 11.6 Å². The average Bonchev–Trinajstić information content (AvgIpc) is 2.65. The zero-order chi connectivity index (χ0) is 21.4. The molecular weight excluding hydrogens is 384 g/mol. The normalized spacial score (nSPS) is 12.3. The summed E-state index contributed by atoms with van der Waals surface area (Å²) >= 11 is 6.01. The van der Waals surface area contributed by atoms with Gasteiger partial charge < -0.3 is 10.2 Å². The summed E-state index contributed by atoms with van der Waals surface area (Å²) in [5.41, 5.74) is 1.58. The lowest BCUT2D eigenvalue weighted by molar-refractivity contribution is -0.142. The van der Waals surface area contributed by atoms with Crippen LogP contribution in [-0.4, -0.2) is 28.3 Å². The molecule has 2 aromatic rings. The smallest absolute Gasteiger partial charge is 0.243 e. The van der Waals surface area contributed by atoms with Gasteiger partial charge in [0.25, 0.3) is 0 Å². The molecule has 2 amide bonds. The van der Waals surface area contributed by atoms with Crippen molar-refractivity contribution < 1.29 is 9.59 Å². The summed E-state index contributed by atoms with van der Waals surface area (Å²) in [4.78, 5) is 28.0. The second-order valence-electron chi connectivity index (χ2n) is 8.34. The molecular formula is C24H31ClN2O2. The van der Waals surface area contributed by atoms with Crippen molar-refractivity contribution in [2.75, 3.05) is 0 Å². The van der Waals surface area contributed by atoms with Crippen LogP contribution in [0.3, 0.4) is 0 Å². The van der Waals surface area contributed by atoms with E-state index in [1.807, 2.05) is 70.2 Å². The van der Waals surface area contributed by atoms with Crippen LogP contribution in [0.4, 0.5) is 0 Å². The van der Waals surface area contributed by atoms with E-state index in [-0.39, 0.29) is 17.4 Å². The molecule has 4 nitrogen and oxygen atoms in total. The highest BCUT2D eigenvalue weighted by Crippen LogP contribution is 2.18. The fourth-order valence-corrected chi connectivity index (χ4v) is 3.28. The molecule has 0 saturated carbocycles. The van der Waals surface area contributed by atoms with Gasteiger partial charge in [-0.3, -0.25) is 9.59 Å². The molecule has 2 aromatic carbocycles. The Labute approximate surface area is 179 Å². The molecule has 2 rings (SSSR count). The van der Waals surface area contributed by atoms with Gasteiger partial charge in [-0.05, 0) is 50.5 Å². The summed E-state index contributed by atoms with van der Waals surface area (Å²) in [7, 11) is 0. The van der Waals surface area contributed by atoms with Crippen molar-refractivity contribution in [3.05, 3.63) is 70.7 Å². The number of benzene rings is 2. The van der Waals surface area contributed by atoms with E-state index in [1.54, 1.807) is 17.0 Å². The third-order valence-electron chi connectivity index (χ3n) is 4.50. The van der Waals surface area contributed by atoms with E-state index in [4.69, 9.17) is 11.6 Å². The molecule has 1 N–H and O–H groups in total. The lowest BCUT2D eigenvalue weighted by Crippen LogP contribution is -2.54. The quantitative estimate of drug-likeness (QED) is 0.661. The molecule has 0 aliphatic rings. The first-order valence-corrected chi connectivity index (χ1v) is 10.5. The maximum atomic E-state index is 13.2. The Balaban J connectivity index is 2.38. The lowest BCUT2D eigenvalue weighted by Gasteiger charge is -2.34. The molecule has 0 aliphatic carbocycles.